The van der Waals surface area contributed by atoms with Crippen LogP contribution in [0.4, 0.5) is 10.8 Å². The number of benzene rings is 1. The number of hydrogen-bond donors (Lipinski definition) is 2. The number of nitrogens with zero attached hydrogens (tertiary/aromatic N) is 2. The Labute approximate surface area is 177 Å². The van der Waals surface area contributed by atoms with Crippen molar-refractivity contribution in [2.24, 2.45) is 0 Å². The van der Waals surface area contributed by atoms with Crippen LogP contribution in [0.5, 0.6) is 0 Å². The normalized spacial score (nSPS) is 10.7. The molecule has 0 radical (unpaired) electrons. The van der Waals surface area contributed by atoms with Gasteiger partial charge in [0.05, 0.1) is 20.5 Å². The van der Waals surface area contributed by atoms with Gasteiger partial charge in [0.15, 0.2) is 5.82 Å². The van der Waals surface area contributed by atoms with Crippen LogP contribution in [0, 0.1) is 6.92 Å². The summed E-state index contributed by atoms with van der Waals surface area (Å²) in [6, 6.07) is 10.3. The molecule has 3 aromatic rings. The van der Waals surface area contributed by atoms with Crippen molar-refractivity contribution < 1.29 is 14.3 Å². The van der Waals surface area contributed by atoms with E-state index < -0.39 is 0 Å². The van der Waals surface area contributed by atoms with Crippen molar-refractivity contribution in [3.05, 3.63) is 63.6 Å². The fourth-order valence-corrected chi connectivity index (χ4v) is 3.88. The third kappa shape index (κ3) is 5.44. The molecule has 2 aromatic heterocycles. The zero-order valence-corrected chi connectivity index (χ0v) is 17.6. The number of ether oxygens (including phenoxy) is 1. The lowest BCUT2D eigenvalue weighted by atomic mass is 10.2. The van der Waals surface area contributed by atoms with Gasteiger partial charge in [-0.15, -0.1) is 11.3 Å². The van der Waals surface area contributed by atoms with Crippen molar-refractivity contribution >= 4 is 45.6 Å². The van der Waals surface area contributed by atoms with Crippen molar-refractivity contribution in [1.29, 1.82) is 0 Å². The summed E-state index contributed by atoms with van der Waals surface area (Å²) < 4.78 is 6.78. The van der Waals surface area contributed by atoms with E-state index in [1.54, 1.807) is 48.2 Å². The molecule has 2 heterocycles. The zero-order valence-electron chi connectivity index (χ0n) is 16.1. The van der Waals surface area contributed by atoms with Gasteiger partial charge >= 0.3 is 0 Å². The van der Waals surface area contributed by atoms with E-state index in [9.17, 15) is 9.59 Å². The van der Waals surface area contributed by atoms with E-state index in [1.807, 2.05) is 13.1 Å². The van der Waals surface area contributed by atoms with E-state index in [0.29, 0.717) is 39.4 Å². The van der Waals surface area contributed by atoms with Gasteiger partial charge in [-0.2, -0.15) is 5.10 Å². The summed E-state index contributed by atoms with van der Waals surface area (Å²) in [5.41, 5.74) is 1.15. The topological polar surface area (TPSA) is 85.2 Å². The molecule has 0 aliphatic rings. The second kappa shape index (κ2) is 9.69. The van der Waals surface area contributed by atoms with E-state index in [2.05, 4.69) is 15.7 Å². The summed E-state index contributed by atoms with van der Waals surface area (Å²) in [5.74, 6) is -0.117. The maximum Gasteiger partial charge on any atom is 0.267 e. The molecule has 0 unspecified atom stereocenters. The lowest BCUT2D eigenvalue weighted by Crippen LogP contribution is -2.12. The number of thiophene rings is 1. The Morgan fingerprint density at radius 2 is 2.00 bits per heavy atom. The molecule has 29 heavy (non-hydrogen) atoms. The van der Waals surface area contributed by atoms with E-state index in [1.165, 1.54) is 11.3 Å². The first kappa shape index (κ1) is 21.0. The van der Waals surface area contributed by atoms with Crippen molar-refractivity contribution in [2.45, 2.75) is 19.9 Å². The van der Waals surface area contributed by atoms with E-state index >= 15 is 0 Å². The number of rotatable bonds is 8. The molecule has 0 aliphatic carbocycles. The molecule has 0 fully saturated rings. The number of carbonyl (C=O) groups is 2. The van der Waals surface area contributed by atoms with Crippen LogP contribution in [0.3, 0.4) is 0 Å². The van der Waals surface area contributed by atoms with Crippen molar-refractivity contribution in [3.8, 4) is 0 Å². The third-order valence-corrected chi connectivity index (χ3v) is 5.58. The van der Waals surface area contributed by atoms with Crippen LogP contribution in [-0.2, 0) is 11.3 Å². The highest BCUT2D eigenvalue weighted by Crippen LogP contribution is 2.28. The molecule has 0 saturated carbocycles. The monoisotopic (exact) mass is 432 g/mol. The Balaban J connectivity index is 1.64. The molecular formula is C20H21ClN4O3S. The fraction of sp³-hybridized carbons (Fsp3) is 0.250. The average Bonchev–Trinajstić information content (AvgIpc) is 3.28. The van der Waals surface area contributed by atoms with Crippen LogP contribution in [-0.4, -0.2) is 35.3 Å². The Morgan fingerprint density at radius 1 is 1.21 bits per heavy atom. The smallest absolute Gasteiger partial charge is 0.267 e. The van der Waals surface area contributed by atoms with Crippen molar-refractivity contribution in [3.63, 3.8) is 0 Å². The van der Waals surface area contributed by atoms with Crippen LogP contribution in [0.25, 0.3) is 0 Å². The molecule has 0 bridgehead atoms. The maximum absolute atomic E-state index is 12.6. The quantitative estimate of drug-likeness (QED) is 0.515. The highest BCUT2D eigenvalue weighted by atomic mass is 35.5. The van der Waals surface area contributed by atoms with Crippen molar-refractivity contribution in [1.82, 2.24) is 9.78 Å². The van der Waals surface area contributed by atoms with Gasteiger partial charge in [0.1, 0.15) is 0 Å². The van der Waals surface area contributed by atoms with Crippen LogP contribution >= 0.6 is 22.9 Å². The number of nitrogens with one attached hydrogen (secondary N) is 2. The summed E-state index contributed by atoms with van der Waals surface area (Å²) in [5, 5.41) is 10.9. The first-order chi connectivity index (χ1) is 14.0. The van der Waals surface area contributed by atoms with Crippen molar-refractivity contribution in [2.75, 3.05) is 24.4 Å². The second-order valence-corrected chi connectivity index (χ2v) is 7.78. The largest absolute Gasteiger partial charge is 0.385 e. The number of methoxy groups -OCH3 is 1. The third-order valence-electron chi connectivity index (χ3n) is 4.10. The standard InChI is InChI=1S/C20H21ClN4O3S/c1-13-12-17(23-19(26)14-6-3-4-7-15(14)21)29-18(13)20(27)22-16-8-10-25(24-16)9-5-11-28-2/h3-4,6-8,10,12H,5,9,11H2,1-2H3,(H,23,26)(H,22,24,27). The van der Waals surface area contributed by atoms with Crippen LogP contribution in [0.2, 0.25) is 5.02 Å². The van der Waals surface area contributed by atoms with Gasteiger partial charge in [0.25, 0.3) is 11.8 Å². The van der Waals surface area contributed by atoms with Gasteiger partial charge in [-0.05, 0) is 37.1 Å². The lowest BCUT2D eigenvalue weighted by Gasteiger charge is -2.04. The van der Waals surface area contributed by atoms with Gasteiger partial charge in [-0.3, -0.25) is 14.3 Å². The summed E-state index contributed by atoms with van der Waals surface area (Å²) in [6.45, 7) is 3.18. The number of anilines is 2. The average molecular weight is 433 g/mol. The van der Waals surface area contributed by atoms with Gasteiger partial charge in [-0.1, -0.05) is 23.7 Å². The second-order valence-electron chi connectivity index (χ2n) is 6.32. The first-order valence-corrected chi connectivity index (χ1v) is 10.2. The van der Waals surface area contributed by atoms with Crippen LogP contribution < -0.4 is 10.6 Å². The molecule has 0 spiro atoms. The minimum absolute atomic E-state index is 0.270. The van der Waals surface area contributed by atoms with E-state index in [4.69, 9.17) is 16.3 Å². The maximum atomic E-state index is 12.6. The molecule has 0 aliphatic heterocycles. The molecule has 3 rings (SSSR count). The lowest BCUT2D eigenvalue weighted by molar-refractivity contribution is 0.102. The number of amides is 2. The summed E-state index contributed by atoms with van der Waals surface area (Å²) >= 11 is 7.27. The van der Waals surface area contributed by atoms with Gasteiger partial charge < -0.3 is 15.4 Å². The Bertz CT molecular complexity index is 1010. The molecular weight excluding hydrogens is 412 g/mol. The zero-order chi connectivity index (χ0) is 20.8. The van der Waals surface area contributed by atoms with Gasteiger partial charge in [0.2, 0.25) is 0 Å². The molecule has 2 N–H and O–H groups in total. The summed E-state index contributed by atoms with van der Waals surface area (Å²) in [7, 11) is 1.66. The molecule has 9 heteroatoms. The molecule has 2 amide bonds. The minimum Gasteiger partial charge on any atom is -0.385 e. The van der Waals surface area contributed by atoms with Gasteiger partial charge in [-0.25, -0.2) is 0 Å². The number of hydrogen-bond acceptors (Lipinski definition) is 5. The fourth-order valence-electron chi connectivity index (χ4n) is 2.69. The number of aryl methyl sites for hydroxylation is 2. The highest BCUT2D eigenvalue weighted by molar-refractivity contribution is 7.18. The van der Waals surface area contributed by atoms with E-state index in [0.717, 1.165) is 12.0 Å². The summed E-state index contributed by atoms with van der Waals surface area (Å²) in [4.78, 5) is 25.5. The predicted molar refractivity (Wildman–Crippen MR) is 115 cm³/mol. The molecule has 0 saturated heterocycles. The van der Waals surface area contributed by atoms with Crippen LogP contribution in [0.1, 0.15) is 32.0 Å². The molecule has 7 nitrogen and oxygen atoms in total. The Kier molecular flexibility index (Phi) is 7.03. The Morgan fingerprint density at radius 3 is 2.76 bits per heavy atom. The Hall–Kier alpha value is -2.68. The first-order valence-electron chi connectivity index (χ1n) is 8.98. The number of halogens is 1. The molecule has 0 atom stereocenters. The molecule has 1 aromatic carbocycles. The highest BCUT2D eigenvalue weighted by Gasteiger charge is 2.17. The number of carbonyl (C=O) groups excluding carboxylic acids is 2. The predicted octanol–water partition coefficient (Wildman–Crippen LogP) is 4.45. The summed E-state index contributed by atoms with van der Waals surface area (Å²) in [6.07, 6.45) is 2.64. The minimum atomic E-state index is -0.321. The van der Waals surface area contributed by atoms with E-state index in [-0.39, 0.29) is 11.8 Å². The SMILES string of the molecule is COCCCn1ccc(NC(=O)c2sc(NC(=O)c3ccccc3Cl)cc2C)n1. The molecule has 152 valence electrons. The number of aromatic nitrogens is 2. The van der Waals surface area contributed by atoms with Gasteiger partial charge in [0, 0.05) is 32.5 Å². The van der Waals surface area contributed by atoms with Crippen LogP contribution in [0.15, 0.2) is 42.6 Å².